The summed E-state index contributed by atoms with van der Waals surface area (Å²) in [4.78, 5) is 12.8. The number of carbonyl (C=O) groups is 1. The van der Waals surface area contributed by atoms with Crippen LogP contribution in [0.25, 0.3) is 0 Å². The fraction of sp³-hybridized carbons (Fsp3) is 0.391. The number of hydrogen-bond donors (Lipinski definition) is 0. The number of hydrogen-bond acceptors (Lipinski definition) is 3. The maximum atomic E-state index is 13.0. The van der Waals surface area contributed by atoms with Crippen molar-refractivity contribution in [3.05, 3.63) is 59.2 Å². The molecular weight excluding hydrogens is 393 g/mol. The Kier molecular flexibility index (Phi) is 6.35. The number of para-hydroxylation sites is 1. The van der Waals surface area contributed by atoms with Crippen LogP contribution in [0.2, 0.25) is 0 Å². The van der Waals surface area contributed by atoms with Gasteiger partial charge in [-0.05, 0) is 44.4 Å². The maximum absolute atomic E-state index is 13.0. The van der Waals surface area contributed by atoms with E-state index in [0.29, 0.717) is 36.3 Å². The molecule has 0 bridgehead atoms. The van der Waals surface area contributed by atoms with Gasteiger partial charge in [-0.3, -0.25) is 4.79 Å². The molecule has 2 aromatic carbocycles. The molecular formula is C23H23F3N2O2. The van der Waals surface area contributed by atoms with Crippen molar-refractivity contribution in [1.29, 1.82) is 5.26 Å². The van der Waals surface area contributed by atoms with E-state index in [1.807, 2.05) is 30.3 Å². The summed E-state index contributed by atoms with van der Waals surface area (Å²) in [6.45, 7) is 3.36. The zero-order valence-electron chi connectivity index (χ0n) is 16.9. The lowest BCUT2D eigenvalue weighted by Gasteiger charge is -2.33. The van der Waals surface area contributed by atoms with Gasteiger partial charge in [-0.1, -0.05) is 31.2 Å². The van der Waals surface area contributed by atoms with E-state index in [-0.39, 0.29) is 12.5 Å². The topological polar surface area (TPSA) is 53.3 Å². The normalized spacial score (nSPS) is 15.9. The third kappa shape index (κ3) is 4.28. The highest BCUT2D eigenvalue weighted by molar-refractivity contribution is 5.82. The number of carbonyl (C=O) groups excluding carboxylic acids is 1. The van der Waals surface area contributed by atoms with Crippen LogP contribution >= 0.6 is 0 Å². The van der Waals surface area contributed by atoms with Crippen molar-refractivity contribution in [1.82, 2.24) is 4.90 Å². The lowest BCUT2D eigenvalue weighted by molar-refractivity contribution is -0.187. The van der Waals surface area contributed by atoms with Crippen LogP contribution in [0.15, 0.2) is 42.5 Å². The molecule has 2 unspecified atom stereocenters. The van der Waals surface area contributed by atoms with Gasteiger partial charge in [-0.15, -0.1) is 0 Å². The molecule has 0 N–H and O–H groups in total. The number of rotatable bonds is 6. The van der Waals surface area contributed by atoms with E-state index in [1.54, 1.807) is 26.0 Å². The van der Waals surface area contributed by atoms with Gasteiger partial charge in [0.25, 0.3) is 0 Å². The Morgan fingerprint density at radius 1 is 1.17 bits per heavy atom. The number of benzene rings is 2. The lowest BCUT2D eigenvalue weighted by Crippen LogP contribution is -2.46. The average molecular weight is 416 g/mol. The van der Waals surface area contributed by atoms with Crippen molar-refractivity contribution < 1.29 is 22.7 Å². The quantitative estimate of drug-likeness (QED) is 0.601. The van der Waals surface area contributed by atoms with Crippen molar-refractivity contribution in [2.24, 2.45) is 0 Å². The predicted octanol–water partition coefficient (Wildman–Crippen LogP) is 5.77. The highest BCUT2D eigenvalue weighted by atomic mass is 19.4. The highest BCUT2D eigenvalue weighted by Gasteiger charge is 2.43. The number of nitrogens with zero attached hydrogens (tertiary/aromatic N) is 2. The van der Waals surface area contributed by atoms with Gasteiger partial charge in [0, 0.05) is 29.6 Å². The Balaban J connectivity index is 1.89. The molecule has 1 amide bonds. The number of amides is 1. The van der Waals surface area contributed by atoms with Crippen LogP contribution < -0.4 is 4.74 Å². The van der Waals surface area contributed by atoms with E-state index in [1.165, 1.54) is 0 Å². The van der Waals surface area contributed by atoms with Gasteiger partial charge < -0.3 is 9.64 Å². The molecule has 30 heavy (non-hydrogen) atoms. The average Bonchev–Trinajstić information content (AvgIpc) is 2.74. The molecule has 2 atom stereocenters. The minimum Gasteiger partial charge on any atom is -0.457 e. The van der Waals surface area contributed by atoms with E-state index in [2.05, 4.69) is 6.07 Å². The van der Waals surface area contributed by atoms with E-state index < -0.39 is 18.1 Å². The number of fused-ring (bicyclic) bond motifs is 2. The van der Waals surface area contributed by atoms with Crippen molar-refractivity contribution in [3.8, 4) is 17.6 Å². The van der Waals surface area contributed by atoms with Crippen LogP contribution in [0.1, 0.15) is 55.7 Å². The Bertz CT molecular complexity index is 966. The molecule has 0 aromatic heterocycles. The molecule has 0 saturated heterocycles. The minimum absolute atomic E-state index is 0.00330. The molecule has 2 aromatic rings. The summed E-state index contributed by atoms with van der Waals surface area (Å²) in [6, 6.07) is 14.4. The summed E-state index contributed by atoms with van der Waals surface area (Å²) in [5.74, 6) is -0.615. The molecule has 0 saturated carbocycles. The molecule has 0 fully saturated rings. The second-order valence-corrected chi connectivity index (χ2v) is 7.29. The minimum atomic E-state index is -4.88. The summed E-state index contributed by atoms with van der Waals surface area (Å²) in [6.07, 6.45) is -3.47. The molecule has 1 aliphatic rings. The molecule has 0 radical (unpaired) electrons. The van der Waals surface area contributed by atoms with E-state index in [9.17, 15) is 23.2 Å². The zero-order chi connectivity index (χ0) is 21.9. The Labute approximate surface area is 173 Å². The van der Waals surface area contributed by atoms with E-state index in [4.69, 9.17) is 4.74 Å². The van der Waals surface area contributed by atoms with E-state index >= 15 is 0 Å². The van der Waals surface area contributed by atoms with Gasteiger partial charge in [-0.2, -0.15) is 18.4 Å². The van der Waals surface area contributed by atoms with Gasteiger partial charge in [0.05, 0.1) is 11.6 Å². The fourth-order valence-electron chi connectivity index (χ4n) is 4.11. The van der Waals surface area contributed by atoms with Crippen molar-refractivity contribution in [2.45, 2.75) is 51.2 Å². The first kappa shape index (κ1) is 21.7. The Morgan fingerprint density at radius 3 is 2.50 bits per heavy atom. The summed E-state index contributed by atoms with van der Waals surface area (Å²) in [7, 11) is 0. The molecule has 3 rings (SSSR count). The smallest absolute Gasteiger partial charge is 0.457 e. The zero-order valence-corrected chi connectivity index (χ0v) is 16.9. The van der Waals surface area contributed by atoms with Gasteiger partial charge in [0.1, 0.15) is 11.5 Å². The third-order valence-electron chi connectivity index (χ3n) is 5.58. The third-order valence-corrected chi connectivity index (χ3v) is 5.58. The van der Waals surface area contributed by atoms with Gasteiger partial charge >= 0.3 is 12.1 Å². The fourth-order valence-corrected chi connectivity index (χ4v) is 4.11. The van der Waals surface area contributed by atoms with Crippen LogP contribution in [-0.4, -0.2) is 29.6 Å². The SMILES string of the molecule is CCC(CCC1c2ccccc2Oc2cc(C#N)ccc21)N(CC)C(=O)C(F)(F)F. The molecule has 4 nitrogen and oxygen atoms in total. The van der Waals surface area contributed by atoms with Gasteiger partial charge in [-0.25, -0.2) is 0 Å². The maximum Gasteiger partial charge on any atom is 0.471 e. The molecule has 158 valence electrons. The second-order valence-electron chi connectivity index (χ2n) is 7.29. The molecule has 0 aliphatic carbocycles. The van der Waals surface area contributed by atoms with E-state index in [0.717, 1.165) is 16.0 Å². The van der Waals surface area contributed by atoms with Crippen LogP contribution in [0.4, 0.5) is 13.2 Å². The highest BCUT2D eigenvalue weighted by Crippen LogP contribution is 2.46. The van der Waals surface area contributed by atoms with Crippen LogP contribution in [0.3, 0.4) is 0 Å². The van der Waals surface area contributed by atoms with Crippen LogP contribution in [0, 0.1) is 11.3 Å². The molecule has 1 heterocycles. The van der Waals surface area contributed by atoms with Gasteiger partial charge in [0.2, 0.25) is 0 Å². The summed E-state index contributed by atoms with van der Waals surface area (Å²) in [5, 5.41) is 9.18. The predicted molar refractivity (Wildman–Crippen MR) is 106 cm³/mol. The summed E-state index contributed by atoms with van der Waals surface area (Å²) in [5.41, 5.74) is 2.33. The number of halogens is 3. The Morgan fingerprint density at radius 2 is 1.87 bits per heavy atom. The largest absolute Gasteiger partial charge is 0.471 e. The summed E-state index contributed by atoms with van der Waals surface area (Å²) < 4.78 is 45.0. The molecule has 1 aliphatic heterocycles. The van der Waals surface area contributed by atoms with Crippen molar-refractivity contribution in [2.75, 3.05) is 6.54 Å². The van der Waals surface area contributed by atoms with Crippen molar-refractivity contribution >= 4 is 5.91 Å². The molecule has 7 heteroatoms. The first-order valence-corrected chi connectivity index (χ1v) is 9.98. The Hall–Kier alpha value is -3.01. The lowest BCUT2D eigenvalue weighted by atomic mass is 9.83. The van der Waals surface area contributed by atoms with Gasteiger partial charge in [0.15, 0.2) is 0 Å². The second kappa shape index (κ2) is 8.78. The first-order chi connectivity index (χ1) is 14.3. The summed E-state index contributed by atoms with van der Waals surface area (Å²) >= 11 is 0. The standard InChI is InChI=1S/C23H23F3N2O2/c1-3-16(28(4-2)22(29)23(24,25)26)10-12-17-18-7-5-6-8-20(18)30-21-13-15(14-27)9-11-19(17)21/h5-9,11,13,16-17H,3-4,10,12H2,1-2H3. The number of alkyl halides is 3. The number of nitriles is 1. The first-order valence-electron chi connectivity index (χ1n) is 9.98. The number of ether oxygens (including phenoxy) is 1. The van der Waals surface area contributed by atoms with Crippen LogP contribution in [-0.2, 0) is 4.79 Å². The monoisotopic (exact) mass is 416 g/mol. The van der Waals surface area contributed by atoms with Crippen molar-refractivity contribution in [3.63, 3.8) is 0 Å². The van der Waals surface area contributed by atoms with Crippen LogP contribution in [0.5, 0.6) is 11.5 Å². The molecule has 0 spiro atoms.